The van der Waals surface area contributed by atoms with Gasteiger partial charge in [0.2, 0.25) is 0 Å². The summed E-state index contributed by atoms with van der Waals surface area (Å²) in [5.74, 6) is -3.18. The summed E-state index contributed by atoms with van der Waals surface area (Å²) >= 11 is 0. The molecule has 304 valence electrons. The van der Waals surface area contributed by atoms with Crippen molar-refractivity contribution < 1.29 is 73.9 Å². The highest BCUT2D eigenvalue weighted by molar-refractivity contribution is 5.99. The molecule has 9 rings (SSSR count). The van der Waals surface area contributed by atoms with Crippen molar-refractivity contribution in [3.8, 4) is 0 Å². The molecule has 57 heavy (non-hydrogen) atoms. The van der Waals surface area contributed by atoms with Crippen molar-refractivity contribution in [2.24, 2.45) is 17.3 Å². The minimum Gasteiger partial charge on any atom is -0.429 e. The van der Waals surface area contributed by atoms with Crippen LogP contribution < -0.4 is 0 Å². The Morgan fingerprint density at radius 3 is 2.00 bits per heavy atom. The second-order valence-corrected chi connectivity index (χ2v) is 17.4. The molecule has 3 aliphatic carbocycles. The maximum Gasteiger partial charge on any atom is 0.509 e. The Bertz CT molecular complexity index is 2170. The second kappa shape index (κ2) is 11.6. The summed E-state index contributed by atoms with van der Waals surface area (Å²) in [7, 11) is 0. The lowest BCUT2D eigenvalue weighted by atomic mass is 9.46. The smallest absolute Gasteiger partial charge is 0.429 e. The molecule has 5 fully saturated rings. The molecule has 0 radical (unpaired) electrons. The van der Waals surface area contributed by atoms with Gasteiger partial charge in [-0.15, -0.1) is 0 Å². The number of cyclic esters (lactones) is 1. The van der Waals surface area contributed by atoms with Gasteiger partial charge in [0.1, 0.15) is 29.0 Å². The Morgan fingerprint density at radius 1 is 0.842 bits per heavy atom. The molecule has 4 heterocycles. The van der Waals surface area contributed by atoms with Gasteiger partial charge in [0.15, 0.2) is 23.2 Å². The number of fused-ring (bicyclic) bond motifs is 4. The Morgan fingerprint density at radius 2 is 1.44 bits per heavy atom. The molecule has 0 unspecified atom stereocenters. The number of carbonyl (C=O) groups is 3. The van der Waals surface area contributed by atoms with Crippen molar-refractivity contribution in [3.63, 3.8) is 0 Å². The third-order valence-corrected chi connectivity index (χ3v) is 12.9. The predicted molar refractivity (Wildman–Crippen MR) is 183 cm³/mol. The summed E-state index contributed by atoms with van der Waals surface area (Å²) in [6.07, 6.45) is -11.9. The molecule has 7 aliphatic rings. The van der Waals surface area contributed by atoms with E-state index in [0.717, 1.165) is 36.4 Å². The first-order chi connectivity index (χ1) is 26.5. The quantitative estimate of drug-likeness (QED) is 0.0958. The lowest BCUT2D eigenvalue weighted by Crippen LogP contribution is -2.70. The molecule has 0 N–H and O–H groups in total. The Hall–Kier alpha value is -4.41. The summed E-state index contributed by atoms with van der Waals surface area (Å²) in [6.45, 7) is 11.1. The first-order valence-electron chi connectivity index (χ1n) is 18.7. The highest BCUT2D eigenvalue weighted by atomic mass is 19.4. The highest BCUT2D eigenvalue weighted by Gasteiger charge is 3.01. The van der Waals surface area contributed by atoms with Crippen LogP contribution in [0, 0.1) is 17.3 Å². The number of epoxide rings is 3. The van der Waals surface area contributed by atoms with Crippen molar-refractivity contribution >= 4 is 23.9 Å². The van der Waals surface area contributed by atoms with Crippen LogP contribution in [0.5, 0.6) is 0 Å². The van der Waals surface area contributed by atoms with Crippen LogP contribution in [0.1, 0.15) is 87.9 Å². The second-order valence-electron chi connectivity index (χ2n) is 17.4. The molecule has 9 atom stereocenters. The van der Waals surface area contributed by atoms with Gasteiger partial charge in [0.05, 0.1) is 22.8 Å². The zero-order valence-corrected chi connectivity index (χ0v) is 31.6. The molecular weight excluding hydrogens is 766 g/mol. The molecule has 4 aliphatic heterocycles. The molecule has 3 saturated heterocycles. The van der Waals surface area contributed by atoms with Crippen LogP contribution in [-0.2, 0) is 50.3 Å². The summed E-state index contributed by atoms with van der Waals surface area (Å²) < 4.78 is 124. The molecule has 2 aromatic carbocycles. The number of rotatable bonds is 5. The number of esters is 2. The fourth-order valence-corrected chi connectivity index (χ4v) is 10.3. The minimum absolute atomic E-state index is 0.0600. The highest BCUT2D eigenvalue weighted by Crippen LogP contribution is 2.83. The molecule has 2 saturated carbocycles. The van der Waals surface area contributed by atoms with Crippen LogP contribution in [0.25, 0.3) is 5.76 Å². The maximum absolute atomic E-state index is 13.7. The first-order valence-corrected chi connectivity index (χ1v) is 18.7. The van der Waals surface area contributed by atoms with E-state index >= 15 is 0 Å². The summed E-state index contributed by atoms with van der Waals surface area (Å²) in [5, 5.41) is 0. The molecule has 0 aromatic heterocycles. The minimum atomic E-state index is -4.70. The number of carbonyl (C=O) groups excluding carboxylic acids is 3. The molecule has 16 heteroatoms. The third-order valence-electron chi connectivity index (χ3n) is 12.9. The molecule has 0 amide bonds. The summed E-state index contributed by atoms with van der Waals surface area (Å²) in [5.41, 5.74) is -6.58. The van der Waals surface area contributed by atoms with Crippen LogP contribution in [0.2, 0.25) is 0 Å². The fourth-order valence-electron chi connectivity index (χ4n) is 10.3. The Balaban J connectivity index is 1.13. The van der Waals surface area contributed by atoms with E-state index < -0.39 is 105 Å². The van der Waals surface area contributed by atoms with E-state index in [2.05, 4.69) is 0 Å². The van der Waals surface area contributed by atoms with Gasteiger partial charge in [-0.1, -0.05) is 32.9 Å². The van der Waals surface area contributed by atoms with Gasteiger partial charge >= 0.3 is 30.4 Å². The monoisotopic (exact) mass is 804 g/mol. The van der Waals surface area contributed by atoms with Crippen LogP contribution in [-0.4, -0.2) is 64.9 Å². The van der Waals surface area contributed by atoms with Crippen molar-refractivity contribution in [2.45, 2.75) is 120 Å². The van der Waals surface area contributed by atoms with Crippen LogP contribution >= 0.6 is 0 Å². The average molecular weight is 805 g/mol. The zero-order chi connectivity index (χ0) is 41.0. The number of hydrogen-bond donors (Lipinski definition) is 0. The lowest BCUT2D eigenvalue weighted by Gasteiger charge is -2.53. The van der Waals surface area contributed by atoms with Crippen LogP contribution in [0.3, 0.4) is 0 Å². The largest absolute Gasteiger partial charge is 0.509 e. The number of ether oxygens (including phenoxy) is 7. The number of hydrogen-bond acceptors (Lipinski definition) is 10. The molecular formula is C41H38F6O10. The van der Waals surface area contributed by atoms with Crippen molar-refractivity contribution in [1.82, 2.24) is 0 Å². The van der Waals surface area contributed by atoms with Gasteiger partial charge in [-0.05, 0) is 88.3 Å². The van der Waals surface area contributed by atoms with E-state index in [1.807, 2.05) is 20.8 Å². The molecule has 10 nitrogen and oxygen atoms in total. The average Bonchev–Trinajstić information content (AvgIpc) is 4.04. The SMILES string of the molecule is CC(C)[C@]12O[C@H]1[C@@H]1O[C@]13[C@]1(O[C@H]1C[C@H]1C4=C(CC[C@@]13C)C(=O)O/C4=C(/OC(=O)c1ccc(C(F)(F)F)cc1)c1ccc(C(F)(F)F)cc1)[C@@H]2OC(=O)OC(C)(C)C. The zero-order valence-electron chi connectivity index (χ0n) is 31.6. The summed E-state index contributed by atoms with van der Waals surface area (Å²) in [6, 6.07) is 6.88. The van der Waals surface area contributed by atoms with Gasteiger partial charge in [-0.3, -0.25) is 0 Å². The standard InChI is InChI=1S/C41H38F6O10/c1-18(2)37-29(55-37)30-39(56-30)36(6)16-15-23-26(24(36)17-25-38(39,54-25)33(37)53-34(50)57-35(3,4)5)28(52-32(23)49)27(19-7-11-21(12-8-19)40(42,43)44)51-31(48)20-9-13-22(14-10-20)41(45,46)47/h7-14,18,24-25,29-30,33H,15-17H2,1-6H3/b28-27+/t24-,25-,29-,30-,33+,36-,37-,38+,39+/m0/s1. The van der Waals surface area contributed by atoms with E-state index in [1.165, 1.54) is 0 Å². The maximum atomic E-state index is 13.7. The number of benzene rings is 2. The normalized spacial score (nSPS) is 36.7. The van der Waals surface area contributed by atoms with Crippen molar-refractivity contribution in [1.29, 1.82) is 0 Å². The predicted octanol–water partition coefficient (Wildman–Crippen LogP) is 8.33. The van der Waals surface area contributed by atoms with Crippen molar-refractivity contribution in [2.75, 3.05) is 0 Å². The van der Waals surface area contributed by atoms with Gasteiger partial charge in [0, 0.05) is 22.1 Å². The fraction of sp³-hybridized carbons (Fsp3) is 0.537. The van der Waals surface area contributed by atoms with Crippen LogP contribution in [0.4, 0.5) is 31.1 Å². The van der Waals surface area contributed by atoms with E-state index in [0.29, 0.717) is 24.1 Å². The number of halogens is 6. The molecule has 0 bridgehead atoms. The number of allylic oxidation sites excluding steroid dienone is 1. The first kappa shape index (κ1) is 38.1. The Kier molecular flexibility index (Phi) is 7.77. The van der Waals surface area contributed by atoms with Crippen molar-refractivity contribution in [3.05, 3.63) is 87.7 Å². The van der Waals surface area contributed by atoms with E-state index in [-0.39, 0.29) is 41.2 Å². The topological polar surface area (TPSA) is 126 Å². The van der Waals surface area contributed by atoms with Crippen LogP contribution in [0.15, 0.2) is 65.4 Å². The van der Waals surface area contributed by atoms with E-state index in [1.54, 1.807) is 20.8 Å². The Labute approximate surface area is 322 Å². The van der Waals surface area contributed by atoms with Gasteiger partial charge in [0.25, 0.3) is 0 Å². The lowest BCUT2D eigenvalue weighted by molar-refractivity contribution is -0.138. The summed E-state index contributed by atoms with van der Waals surface area (Å²) in [4.78, 5) is 40.6. The third kappa shape index (κ3) is 5.24. The van der Waals surface area contributed by atoms with E-state index in [4.69, 9.17) is 33.2 Å². The number of alkyl halides is 6. The van der Waals surface area contributed by atoms with Gasteiger partial charge in [-0.25, -0.2) is 14.4 Å². The molecule has 2 aromatic rings. The van der Waals surface area contributed by atoms with Gasteiger partial charge in [-0.2, -0.15) is 26.3 Å². The van der Waals surface area contributed by atoms with Gasteiger partial charge < -0.3 is 33.2 Å². The van der Waals surface area contributed by atoms with E-state index in [9.17, 15) is 40.7 Å². The molecule has 2 spiro atoms.